The number of carbonyl (C=O) groups is 3. The Kier molecular flexibility index (Phi) is 10.4. The normalized spacial score (nSPS) is 16.5. The van der Waals surface area contributed by atoms with Crippen LogP contribution in [-0.2, 0) is 32.0 Å². The highest BCUT2D eigenvalue weighted by molar-refractivity contribution is 5.82. The number of methoxy groups -OCH3 is 3. The molecular weight excluding hydrogens is 490 g/mol. The van der Waals surface area contributed by atoms with Crippen LogP contribution < -0.4 is 18.9 Å². The zero-order chi connectivity index (χ0) is 27.7. The molecule has 0 aromatic heterocycles. The summed E-state index contributed by atoms with van der Waals surface area (Å²) in [7, 11) is 4.67. The van der Waals surface area contributed by atoms with E-state index < -0.39 is 5.97 Å². The van der Waals surface area contributed by atoms with Crippen LogP contribution in [-0.4, -0.2) is 63.8 Å². The lowest BCUT2D eigenvalue weighted by Crippen LogP contribution is -2.30. The van der Waals surface area contributed by atoms with Crippen LogP contribution in [0.15, 0.2) is 36.4 Å². The van der Waals surface area contributed by atoms with Crippen LogP contribution in [0.25, 0.3) is 0 Å². The van der Waals surface area contributed by atoms with E-state index in [1.54, 1.807) is 31.3 Å². The lowest BCUT2D eigenvalue weighted by molar-refractivity contribution is -0.141. The van der Waals surface area contributed by atoms with E-state index in [0.29, 0.717) is 49.8 Å². The molecule has 0 bridgehead atoms. The van der Waals surface area contributed by atoms with Gasteiger partial charge in [0, 0.05) is 25.4 Å². The number of esters is 2. The Balaban J connectivity index is 1.65. The molecular formula is C29H37NO8. The fourth-order valence-corrected chi connectivity index (χ4v) is 4.66. The van der Waals surface area contributed by atoms with Crippen LogP contribution in [0.5, 0.6) is 23.0 Å². The number of cyclic esters (lactones) is 1. The molecule has 1 amide bonds. The molecule has 1 heterocycles. The van der Waals surface area contributed by atoms with Gasteiger partial charge in [-0.05, 0) is 62.1 Å². The van der Waals surface area contributed by atoms with Crippen molar-refractivity contribution in [3.8, 4) is 23.0 Å². The Morgan fingerprint density at radius 3 is 2.03 bits per heavy atom. The van der Waals surface area contributed by atoms with Gasteiger partial charge in [-0.2, -0.15) is 0 Å². The maximum Gasteiger partial charge on any atom is 0.311 e. The Bertz CT molecular complexity index is 1130. The maximum absolute atomic E-state index is 12.6. The first kappa shape index (κ1) is 28.8. The zero-order valence-electron chi connectivity index (χ0n) is 22.8. The third-order valence-corrected chi connectivity index (χ3v) is 6.82. The lowest BCUT2D eigenvalue weighted by atomic mass is 9.85. The Labute approximate surface area is 223 Å². The van der Waals surface area contributed by atoms with E-state index in [9.17, 15) is 14.4 Å². The van der Waals surface area contributed by atoms with E-state index in [-0.39, 0.29) is 42.3 Å². The number of amides is 1. The third kappa shape index (κ3) is 7.18. The first-order valence-corrected chi connectivity index (χ1v) is 12.9. The minimum atomic E-state index is -0.508. The van der Waals surface area contributed by atoms with Crippen molar-refractivity contribution in [2.45, 2.75) is 39.5 Å². The Hall–Kier alpha value is -3.75. The van der Waals surface area contributed by atoms with Gasteiger partial charge in [0.25, 0.3) is 0 Å². The van der Waals surface area contributed by atoms with Crippen LogP contribution in [0.1, 0.15) is 37.8 Å². The second-order valence-electron chi connectivity index (χ2n) is 9.12. The molecule has 206 valence electrons. The molecule has 1 aliphatic rings. The molecule has 2 atom stereocenters. The van der Waals surface area contributed by atoms with E-state index >= 15 is 0 Å². The number of hydrogen-bond donors (Lipinski definition) is 0. The fraction of sp³-hybridized carbons (Fsp3) is 0.483. The first-order chi connectivity index (χ1) is 18.3. The predicted octanol–water partition coefficient (Wildman–Crippen LogP) is 3.84. The van der Waals surface area contributed by atoms with Gasteiger partial charge in [0.05, 0.1) is 40.3 Å². The molecule has 1 fully saturated rings. The van der Waals surface area contributed by atoms with E-state index in [0.717, 1.165) is 11.1 Å². The minimum Gasteiger partial charge on any atom is -0.493 e. The molecule has 2 aromatic carbocycles. The average molecular weight is 528 g/mol. The monoisotopic (exact) mass is 527 g/mol. The second kappa shape index (κ2) is 13.7. The van der Waals surface area contributed by atoms with Gasteiger partial charge in [-0.3, -0.25) is 14.4 Å². The summed E-state index contributed by atoms with van der Waals surface area (Å²) in [4.78, 5) is 38.8. The number of carbonyl (C=O) groups excluding carboxylic acids is 3. The molecule has 0 saturated carbocycles. The van der Waals surface area contributed by atoms with E-state index in [1.165, 1.54) is 7.11 Å². The zero-order valence-corrected chi connectivity index (χ0v) is 22.8. The SMILES string of the molecule is CCN(CC)C(=O)CCC(=O)Oc1ccc(C[C@H]2C(=O)OC[C@@H]2Cc2ccc(OC)c(OC)c2)cc1OC. The minimum absolute atomic E-state index is 0.00700. The number of hydrogen-bond acceptors (Lipinski definition) is 8. The van der Waals surface area contributed by atoms with E-state index in [4.69, 9.17) is 23.7 Å². The number of ether oxygens (including phenoxy) is 5. The Morgan fingerprint density at radius 2 is 1.42 bits per heavy atom. The molecule has 9 heteroatoms. The lowest BCUT2D eigenvalue weighted by Gasteiger charge is -2.18. The van der Waals surface area contributed by atoms with Gasteiger partial charge in [0.15, 0.2) is 23.0 Å². The average Bonchev–Trinajstić information content (AvgIpc) is 3.26. The quantitative estimate of drug-likeness (QED) is 0.286. The molecule has 1 saturated heterocycles. The summed E-state index contributed by atoms with van der Waals surface area (Å²) in [5.74, 6) is 0.781. The van der Waals surface area contributed by atoms with Gasteiger partial charge < -0.3 is 28.6 Å². The predicted molar refractivity (Wildman–Crippen MR) is 141 cm³/mol. The van der Waals surface area contributed by atoms with Crippen LogP contribution in [0, 0.1) is 11.8 Å². The maximum atomic E-state index is 12.6. The number of rotatable bonds is 13. The van der Waals surface area contributed by atoms with Crippen molar-refractivity contribution in [1.82, 2.24) is 4.90 Å². The topological polar surface area (TPSA) is 101 Å². The largest absolute Gasteiger partial charge is 0.493 e. The smallest absolute Gasteiger partial charge is 0.311 e. The summed E-state index contributed by atoms with van der Waals surface area (Å²) in [5, 5.41) is 0. The highest BCUT2D eigenvalue weighted by Crippen LogP contribution is 2.35. The van der Waals surface area contributed by atoms with Gasteiger partial charge in [0.2, 0.25) is 5.91 Å². The number of nitrogens with zero attached hydrogens (tertiary/aromatic N) is 1. The van der Waals surface area contributed by atoms with Crippen LogP contribution in [0.4, 0.5) is 0 Å². The van der Waals surface area contributed by atoms with Crippen LogP contribution >= 0.6 is 0 Å². The van der Waals surface area contributed by atoms with Crippen molar-refractivity contribution in [2.24, 2.45) is 11.8 Å². The molecule has 0 N–H and O–H groups in total. The standard InChI is InChI=1S/C29H37NO8/c1-6-30(7-2)27(31)12-13-28(32)38-24-11-9-20(17-26(24)36-5)15-22-21(18-37-29(22)33)14-19-8-10-23(34-3)25(16-19)35-4/h8-11,16-17,21-22H,6-7,12-15,18H2,1-5H3/t21-,22+/m0/s1. The van der Waals surface area contributed by atoms with E-state index in [1.807, 2.05) is 38.1 Å². The molecule has 2 aromatic rings. The van der Waals surface area contributed by atoms with Gasteiger partial charge >= 0.3 is 11.9 Å². The van der Waals surface area contributed by atoms with Crippen molar-refractivity contribution in [3.05, 3.63) is 47.5 Å². The molecule has 0 spiro atoms. The highest BCUT2D eigenvalue weighted by atomic mass is 16.6. The number of benzene rings is 2. The molecule has 0 radical (unpaired) electrons. The van der Waals surface area contributed by atoms with Crippen LogP contribution in [0.2, 0.25) is 0 Å². The highest BCUT2D eigenvalue weighted by Gasteiger charge is 2.37. The van der Waals surface area contributed by atoms with Crippen molar-refractivity contribution in [2.75, 3.05) is 41.0 Å². The summed E-state index contributed by atoms with van der Waals surface area (Å²) >= 11 is 0. The summed E-state index contributed by atoms with van der Waals surface area (Å²) in [6.07, 6.45) is 1.17. The summed E-state index contributed by atoms with van der Waals surface area (Å²) < 4.78 is 27.1. The van der Waals surface area contributed by atoms with Gasteiger partial charge in [-0.15, -0.1) is 0 Å². The summed E-state index contributed by atoms with van der Waals surface area (Å²) in [6.45, 7) is 5.34. The first-order valence-electron chi connectivity index (χ1n) is 12.9. The van der Waals surface area contributed by atoms with Crippen LogP contribution in [0.3, 0.4) is 0 Å². The summed E-state index contributed by atoms with van der Waals surface area (Å²) in [6, 6.07) is 11.0. The summed E-state index contributed by atoms with van der Waals surface area (Å²) in [5.41, 5.74) is 1.88. The molecule has 3 rings (SSSR count). The fourth-order valence-electron chi connectivity index (χ4n) is 4.66. The van der Waals surface area contributed by atoms with Crippen molar-refractivity contribution >= 4 is 17.8 Å². The molecule has 0 aliphatic carbocycles. The second-order valence-corrected chi connectivity index (χ2v) is 9.12. The molecule has 1 aliphatic heterocycles. The third-order valence-electron chi connectivity index (χ3n) is 6.82. The molecule has 38 heavy (non-hydrogen) atoms. The van der Waals surface area contributed by atoms with Gasteiger partial charge in [-0.25, -0.2) is 0 Å². The van der Waals surface area contributed by atoms with Gasteiger partial charge in [0.1, 0.15) is 0 Å². The van der Waals surface area contributed by atoms with Gasteiger partial charge in [-0.1, -0.05) is 12.1 Å². The molecule has 9 nitrogen and oxygen atoms in total. The van der Waals surface area contributed by atoms with Crippen molar-refractivity contribution in [3.63, 3.8) is 0 Å². The molecule has 0 unspecified atom stereocenters. The van der Waals surface area contributed by atoms with Crippen molar-refractivity contribution in [1.29, 1.82) is 0 Å². The van der Waals surface area contributed by atoms with E-state index in [2.05, 4.69) is 0 Å². The van der Waals surface area contributed by atoms with Crippen molar-refractivity contribution < 1.29 is 38.1 Å². The Morgan fingerprint density at radius 1 is 0.842 bits per heavy atom.